The van der Waals surface area contributed by atoms with Crippen molar-refractivity contribution in [3.63, 3.8) is 0 Å². The molecule has 0 unspecified atom stereocenters. The lowest BCUT2D eigenvalue weighted by molar-refractivity contribution is 0.101. The summed E-state index contributed by atoms with van der Waals surface area (Å²) in [4.78, 5) is 19.1. The number of ether oxygens (including phenoxy) is 1. The smallest absolute Gasteiger partial charge is 0.200 e. The summed E-state index contributed by atoms with van der Waals surface area (Å²) >= 11 is 0. The number of hydrogen-bond acceptors (Lipinski definition) is 3. The van der Waals surface area contributed by atoms with E-state index in [4.69, 9.17) is 4.74 Å². The first-order valence-corrected chi connectivity index (χ1v) is 7.98. The minimum atomic E-state index is -0.00148. The predicted octanol–water partition coefficient (Wildman–Crippen LogP) is 4.21. The second kappa shape index (κ2) is 5.94. The number of carbonyl (C=O) groups is 1. The first-order chi connectivity index (χ1) is 12.2. The molecule has 0 saturated heterocycles. The Morgan fingerprint density at radius 2 is 1.88 bits per heavy atom. The Morgan fingerprint density at radius 3 is 2.56 bits per heavy atom. The quantitative estimate of drug-likeness (QED) is 0.570. The molecule has 5 nitrogen and oxygen atoms in total. The fraction of sp³-hybridized carbons (Fsp3) is 0.100. The number of carbonyl (C=O) groups excluding carboxylic acids is 1. The Kier molecular flexibility index (Phi) is 3.61. The molecular formula is C20H17N3O2. The summed E-state index contributed by atoms with van der Waals surface area (Å²) in [5.74, 6) is 0.688. The van der Waals surface area contributed by atoms with Crippen LogP contribution in [-0.4, -0.2) is 27.3 Å². The van der Waals surface area contributed by atoms with E-state index in [2.05, 4.69) is 22.1 Å². The maximum absolute atomic E-state index is 11.5. The highest BCUT2D eigenvalue weighted by molar-refractivity contribution is 5.93. The number of hydrogen-bond donors (Lipinski definition) is 1. The number of H-pyrrole nitrogens is 1. The van der Waals surface area contributed by atoms with E-state index in [0.29, 0.717) is 11.6 Å². The van der Waals surface area contributed by atoms with Gasteiger partial charge in [-0.1, -0.05) is 30.3 Å². The molecule has 0 radical (unpaired) electrons. The minimum absolute atomic E-state index is 0.00148. The van der Waals surface area contributed by atoms with Gasteiger partial charge in [0.1, 0.15) is 5.65 Å². The standard InChI is InChI=1S/C20H17N3O2/c1-13(24)17-8-16(11-21-17)18-12-22-19-9-15(10-20(25-2)23(18)19)14-6-4-3-5-7-14/h3-12,21H,1-2H3. The van der Waals surface area contributed by atoms with Gasteiger partial charge >= 0.3 is 0 Å². The van der Waals surface area contributed by atoms with Crippen molar-refractivity contribution < 1.29 is 9.53 Å². The second-order valence-electron chi connectivity index (χ2n) is 5.85. The average Bonchev–Trinajstić information content (AvgIpc) is 3.28. The molecule has 3 heterocycles. The van der Waals surface area contributed by atoms with Gasteiger partial charge in [0.05, 0.1) is 24.7 Å². The molecule has 0 aliphatic carbocycles. The Labute approximate surface area is 144 Å². The van der Waals surface area contributed by atoms with Crippen LogP contribution in [0.2, 0.25) is 0 Å². The lowest BCUT2D eigenvalue weighted by Gasteiger charge is -2.10. The molecule has 0 spiro atoms. The normalized spacial score (nSPS) is 11.0. The molecule has 0 bridgehead atoms. The van der Waals surface area contributed by atoms with Gasteiger partial charge in [0.2, 0.25) is 0 Å². The summed E-state index contributed by atoms with van der Waals surface area (Å²) in [5, 5.41) is 0. The maximum atomic E-state index is 11.5. The summed E-state index contributed by atoms with van der Waals surface area (Å²) in [6, 6.07) is 16.0. The van der Waals surface area contributed by atoms with Crippen LogP contribution in [0.25, 0.3) is 28.0 Å². The number of rotatable bonds is 4. The van der Waals surface area contributed by atoms with E-state index >= 15 is 0 Å². The summed E-state index contributed by atoms with van der Waals surface area (Å²) in [6.45, 7) is 1.54. The molecule has 25 heavy (non-hydrogen) atoms. The molecule has 3 aromatic heterocycles. The van der Waals surface area contributed by atoms with Crippen LogP contribution < -0.4 is 4.74 Å². The molecular weight excluding hydrogens is 314 g/mol. The van der Waals surface area contributed by atoms with Crippen molar-refractivity contribution in [1.82, 2.24) is 14.4 Å². The van der Waals surface area contributed by atoms with E-state index in [1.165, 1.54) is 6.92 Å². The van der Waals surface area contributed by atoms with E-state index in [-0.39, 0.29) is 5.78 Å². The van der Waals surface area contributed by atoms with Crippen molar-refractivity contribution in [3.05, 3.63) is 66.6 Å². The molecule has 0 amide bonds. The largest absolute Gasteiger partial charge is 0.482 e. The summed E-state index contributed by atoms with van der Waals surface area (Å²) < 4.78 is 7.55. The molecule has 5 heteroatoms. The molecule has 124 valence electrons. The third-order valence-electron chi connectivity index (χ3n) is 4.25. The summed E-state index contributed by atoms with van der Waals surface area (Å²) in [5.41, 5.74) is 5.27. The minimum Gasteiger partial charge on any atom is -0.482 e. The highest BCUT2D eigenvalue weighted by Crippen LogP contribution is 2.31. The van der Waals surface area contributed by atoms with Gasteiger partial charge in [-0.2, -0.15) is 0 Å². The van der Waals surface area contributed by atoms with Crippen molar-refractivity contribution >= 4 is 11.4 Å². The van der Waals surface area contributed by atoms with E-state index in [9.17, 15) is 4.79 Å². The van der Waals surface area contributed by atoms with Gasteiger partial charge in [0.15, 0.2) is 11.7 Å². The fourth-order valence-electron chi connectivity index (χ4n) is 2.97. The maximum Gasteiger partial charge on any atom is 0.200 e. The molecule has 4 aromatic rings. The molecule has 0 fully saturated rings. The van der Waals surface area contributed by atoms with Crippen molar-refractivity contribution in [2.75, 3.05) is 7.11 Å². The number of nitrogens with one attached hydrogen (secondary N) is 1. The number of aromatic nitrogens is 3. The number of imidazole rings is 1. The van der Waals surface area contributed by atoms with E-state index in [0.717, 1.165) is 28.0 Å². The van der Waals surface area contributed by atoms with Crippen molar-refractivity contribution in [2.24, 2.45) is 0 Å². The third-order valence-corrected chi connectivity index (χ3v) is 4.25. The van der Waals surface area contributed by atoms with Gasteiger partial charge in [0.25, 0.3) is 0 Å². The fourth-order valence-corrected chi connectivity index (χ4v) is 2.97. The number of benzene rings is 1. The molecule has 1 N–H and O–H groups in total. The summed E-state index contributed by atoms with van der Waals surface area (Å²) in [7, 11) is 1.64. The monoisotopic (exact) mass is 331 g/mol. The van der Waals surface area contributed by atoms with Gasteiger partial charge in [-0.25, -0.2) is 4.98 Å². The van der Waals surface area contributed by atoms with Crippen molar-refractivity contribution in [1.29, 1.82) is 0 Å². The van der Waals surface area contributed by atoms with Crippen molar-refractivity contribution in [3.8, 4) is 28.3 Å². The SMILES string of the molecule is COc1cc(-c2ccccc2)cc2ncc(-c3c[nH]c(C(C)=O)c3)n12. The molecule has 0 aliphatic heterocycles. The van der Waals surface area contributed by atoms with Crippen LogP contribution in [0.5, 0.6) is 5.88 Å². The zero-order chi connectivity index (χ0) is 17.4. The second-order valence-corrected chi connectivity index (χ2v) is 5.85. The molecule has 0 saturated carbocycles. The highest BCUT2D eigenvalue weighted by Gasteiger charge is 2.14. The Hall–Kier alpha value is -3.34. The van der Waals surface area contributed by atoms with Crippen LogP contribution in [-0.2, 0) is 0 Å². The van der Waals surface area contributed by atoms with Gasteiger partial charge in [-0.15, -0.1) is 0 Å². The number of pyridine rings is 1. The van der Waals surface area contributed by atoms with Gasteiger partial charge in [-0.05, 0) is 23.3 Å². The molecule has 4 rings (SSSR count). The highest BCUT2D eigenvalue weighted by atomic mass is 16.5. The Morgan fingerprint density at radius 1 is 1.08 bits per heavy atom. The lowest BCUT2D eigenvalue weighted by atomic mass is 10.1. The average molecular weight is 331 g/mol. The van der Waals surface area contributed by atoms with Crippen LogP contribution in [0.15, 0.2) is 60.9 Å². The van der Waals surface area contributed by atoms with E-state index < -0.39 is 0 Å². The zero-order valence-electron chi connectivity index (χ0n) is 14.0. The summed E-state index contributed by atoms with van der Waals surface area (Å²) in [6.07, 6.45) is 3.60. The van der Waals surface area contributed by atoms with Crippen LogP contribution in [0, 0.1) is 0 Å². The number of fused-ring (bicyclic) bond motifs is 1. The topological polar surface area (TPSA) is 59.4 Å². The predicted molar refractivity (Wildman–Crippen MR) is 97.0 cm³/mol. The molecule has 0 atom stereocenters. The van der Waals surface area contributed by atoms with Crippen LogP contribution in [0.1, 0.15) is 17.4 Å². The first-order valence-electron chi connectivity index (χ1n) is 7.98. The van der Waals surface area contributed by atoms with Crippen molar-refractivity contribution in [2.45, 2.75) is 6.92 Å². The van der Waals surface area contributed by atoms with Gasteiger partial charge in [-0.3, -0.25) is 9.20 Å². The molecule has 0 aliphatic rings. The number of Topliss-reactive ketones (excluding diaryl/α,β-unsaturated/α-hetero) is 1. The Bertz CT molecular complexity index is 1060. The number of ketones is 1. The number of aromatic amines is 1. The molecule has 1 aromatic carbocycles. The lowest BCUT2D eigenvalue weighted by Crippen LogP contribution is -1.97. The van der Waals surface area contributed by atoms with Crippen LogP contribution >= 0.6 is 0 Å². The van der Waals surface area contributed by atoms with E-state index in [1.807, 2.05) is 47.0 Å². The first kappa shape index (κ1) is 15.2. The van der Waals surface area contributed by atoms with Crippen LogP contribution in [0.3, 0.4) is 0 Å². The number of methoxy groups -OCH3 is 1. The number of nitrogens with zero attached hydrogens (tertiary/aromatic N) is 2. The third kappa shape index (κ3) is 2.59. The van der Waals surface area contributed by atoms with E-state index in [1.54, 1.807) is 13.3 Å². The Balaban J connectivity index is 1.89. The van der Waals surface area contributed by atoms with Gasteiger partial charge in [0, 0.05) is 24.8 Å². The zero-order valence-corrected chi connectivity index (χ0v) is 14.0. The van der Waals surface area contributed by atoms with Gasteiger partial charge < -0.3 is 9.72 Å². The van der Waals surface area contributed by atoms with Crippen LogP contribution in [0.4, 0.5) is 0 Å².